The van der Waals surface area contributed by atoms with E-state index in [-0.39, 0.29) is 25.0 Å². The summed E-state index contributed by atoms with van der Waals surface area (Å²) in [7, 11) is 0. The van der Waals surface area contributed by atoms with Crippen molar-refractivity contribution < 1.29 is 32.6 Å². The summed E-state index contributed by atoms with van der Waals surface area (Å²) in [6.45, 7) is -0.327. The van der Waals surface area contributed by atoms with Gasteiger partial charge in [0.15, 0.2) is 0 Å². The van der Waals surface area contributed by atoms with Crippen molar-refractivity contribution in [3.63, 3.8) is 0 Å². The summed E-state index contributed by atoms with van der Waals surface area (Å²) in [5.41, 5.74) is 0.862. The van der Waals surface area contributed by atoms with Crippen LogP contribution in [0.25, 0.3) is 0 Å². The van der Waals surface area contributed by atoms with Gasteiger partial charge in [-0.1, -0.05) is 48.5 Å². The highest BCUT2D eigenvalue weighted by molar-refractivity contribution is 5.96. The van der Waals surface area contributed by atoms with Gasteiger partial charge in [0, 0.05) is 12.0 Å². The molecular weight excluding hydrogens is 363 g/mol. The van der Waals surface area contributed by atoms with Gasteiger partial charge >= 0.3 is 12.1 Å². The number of alkyl halides is 3. The molecule has 8 heteroatoms. The van der Waals surface area contributed by atoms with Gasteiger partial charge in [0.1, 0.15) is 0 Å². The van der Waals surface area contributed by atoms with E-state index >= 15 is 0 Å². The number of rotatable bonds is 8. The van der Waals surface area contributed by atoms with Crippen LogP contribution in [-0.4, -0.2) is 29.4 Å². The third-order valence-corrected chi connectivity index (χ3v) is 3.69. The molecule has 2 aromatic carbocycles. The second-order valence-corrected chi connectivity index (χ2v) is 5.74. The number of benzene rings is 2. The van der Waals surface area contributed by atoms with Crippen molar-refractivity contribution in [1.29, 1.82) is 0 Å². The maximum Gasteiger partial charge on any atom is 0.433 e. The minimum Gasteiger partial charge on any atom is -0.481 e. The fourth-order valence-electron chi connectivity index (χ4n) is 2.37. The third kappa shape index (κ3) is 6.41. The maximum absolute atomic E-state index is 13.2. The van der Waals surface area contributed by atoms with E-state index in [4.69, 9.17) is 9.84 Å². The zero-order valence-electron chi connectivity index (χ0n) is 14.2. The molecule has 5 nitrogen and oxygen atoms in total. The topological polar surface area (TPSA) is 75.6 Å². The average molecular weight is 381 g/mol. The Bertz CT molecular complexity index is 778. The normalized spacial score (nSPS) is 12.4. The van der Waals surface area contributed by atoms with Gasteiger partial charge < -0.3 is 15.2 Å². The molecule has 27 heavy (non-hydrogen) atoms. The van der Waals surface area contributed by atoms with Crippen LogP contribution in [0.1, 0.15) is 27.9 Å². The first-order chi connectivity index (χ1) is 12.8. The summed E-state index contributed by atoms with van der Waals surface area (Å²) in [6.07, 6.45) is -7.50. The van der Waals surface area contributed by atoms with Crippen molar-refractivity contribution in [2.75, 3.05) is 0 Å². The fraction of sp³-hybridized carbons (Fsp3) is 0.263. The molecule has 0 aromatic heterocycles. The Balaban J connectivity index is 2.11. The predicted molar refractivity (Wildman–Crippen MR) is 90.9 cm³/mol. The number of hydrogen-bond acceptors (Lipinski definition) is 3. The minimum absolute atomic E-state index is 0.0173. The highest BCUT2D eigenvalue weighted by Crippen LogP contribution is 2.23. The van der Waals surface area contributed by atoms with Crippen molar-refractivity contribution in [2.24, 2.45) is 0 Å². The van der Waals surface area contributed by atoms with Crippen molar-refractivity contribution in [2.45, 2.75) is 31.9 Å². The summed E-state index contributed by atoms with van der Waals surface area (Å²) < 4.78 is 44.6. The van der Waals surface area contributed by atoms with Crippen molar-refractivity contribution >= 4 is 11.9 Å². The lowest BCUT2D eigenvalue weighted by molar-refractivity contribution is -0.230. The summed E-state index contributed by atoms with van der Waals surface area (Å²) in [4.78, 5) is 23.1. The molecular formula is C19H18F3NO4. The smallest absolute Gasteiger partial charge is 0.433 e. The lowest BCUT2D eigenvalue weighted by Gasteiger charge is -2.22. The molecule has 1 atom stereocenters. The van der Waals surface area contributed by atoms with Crippen LogP contribution >= 0.6 is 0 Å². The van der Waals surface area contributed by atoms with Crippen LogP contribution in [0.15, 0.2) is 54.6 Å². The Morgan fingerprint density at radius 1 is 1.04 bits per heavy atom. The summed E-state index contributed by atoms with van der Waals surface area (Å²) in [6, 6.07) is 14.2. The lowest BCUT2D eigenvalue weighted by Crippen LogP contribution is -2.47. The van der Waals surface area contributed by atoms with E-state index in [1.54, 1.807) is 36.4 Å². The van der Waals surface area contributed by atoms with Crippen LogP contribution in [0.5, 0.6) is 0 Å². The second-order valence-electron chi connectivity index (χ2n) is 5.74. The second kappa shape index (κ2) is 9.18. The van der Waals surface area contributed by atoms with Gasteiger partial charge in [-0.25, -0.2) is 0 Å². The fourth-order valence-corrected chi connectivity index (χ4v) is 2.37. The van der Waals surface area contributed by atoms with Gasteiger partial charge in [-0.3, -0.25) is 9.59 Å². The first-order valence-electron chi connectivity index (χ1n) is 8.10. The molecule has 144 valence electrons. The van der Waals surface area contributed by atoms with E-state index < -0.39 is 24.3 Å². The Morgan fingerprint density at radius 2 is 1.67 bits per heavy atom. The van der Waals surface area contributed by atoms with Gasteiger partial charge in [0.05, 0.1) is 6.61 Å². The van der Waals surface area contributed by atoms with E-state index in [9.17, 15) is 22.8 Å². The monoisotopic (exact) mass is 381 g/mol. The number of carbonyl (C=O) groups is 2. The number of hydrogen-bond donors (Lipinski definition) is 2. The largest absolute Gasteiger partial charge is 0.481 e. The molecule has 0 heterocycles. The Labute approximate surface area is 153 Å². The van der Waals surface area contributed by atoms with E-state index in [0.717, 1.165) is 0 Å². The zero-order valence-corrected chi connectivity index (χ0v) is 14.2. The Hall–Kier alpha value is -2.87. The molecule has 0 bridgehead atoms. The lowest BCUT2D eigenvalue weighted by atomic mass is 10.0. The number of carboxylic acids is 1. The van der Waals surface area contributed by atoms with Crippen LogP contribution in [-0.2, 0) is 22.6 Å². The van der Waals surface area contributed by atoms with Crippen molar-refractivity contribution in [3.05, 3.63) is 71.3 Å². The van der Waals surface area contributed by atoms with Gasteiger partial charge in [-0.2, -0.15) is 13.2 Å². The van der Waals surface area contributed by atoms with E-state index in [1.165, 1.54) is 18.2 Å². The van der Waals surface area contributed by atoms with E-state index in [1.807, 2.05) is 5.32 Å². The Morgan fingerprint density at radius 3 is 2.30 bits per heavy atom. The van der Waals surface area contributed by atoms with Crippen molar-refractivity contribution in [1.82, 2.24) is 5.32 Å². The van der Waals surface area contributed by atoms with E-state index in [0.29, 0.717) is 11.1 Å². The SMILES string of the molecule is O=C(O)CCc1ccccc1C(=O)NC(OCc1ccccc1)C(F)(F)F. The maximum atomic E-state index is 13.2. The Kier molecular flexibility index (Phi) is 6.95. The molecule has 0 aliphatic rings. The third-order valence-electron chi connectivity index (χ3n) is 3.69. The molecule has 1 unspecified atom stereocenters. The van der Waals surface area contributed by atoms with Gasteiger partial charge in [0.2, 0.25) is 6.23 Å². The minimum atomic E-state index is -4.81. The number of aryl methyl sites for hydroxylation is 1. The highest BCUT2D eigenvalue weighted by Gasteiger charge is 2.42. The van der Waals surface area contributed by atoms with Crippen LogP contribution in [0.4, 0.5) is 13.2 Å². The molecule has 0 saturated heterocycles. The molecule has 0 aliphatic carbocycles. The molecule has 2 aromatic rings. The average Bonchev–Trinajstić information content (AvgIpc) is 2.63. The first-order valence-corrected chi connectivity index (χ1v) is 8.10. The molecule has 1 amide bonds. The van der Waals surface area contributed by atoms with Crippen LogP contribution < -0.4 is 5.32 Å². The molecule has 2 rings (SSSR count). The molecule has 0 fully saturated rings. The predicted octanol–water partition coefficient (Wildman–Crippen LogP) is 3.54. The number of carboxylic acid groups (broad SMARTS) is 1. The van der Waals surface area contributed by atoms with Gasteiger partial charge in [-0.15, -0.1) is 0 Å². The number of ether oxygens (including phenoxy) is 1. The molecule has 0 spiro atoms. The first kappa shape index (κ1) is 20.4. The molecule has 0 aliphatic heterocycles. The number of nitrogens with one attached hydrogen (secondary N) is 1. The molecule has 0 radical (unpaired) electrons. The molecule has 2 N–H and O–H groups in total. The number of carbonyl (C=O) groups excluding carboxylic acids is 1. The number of aliphatic carboxylic acids is 1. The van der Waals surface area contributed by atoms with Gasteiger partial charge in [-0.05, 0) is 23.6 Å². The summed E-state index contributed by atoms with van der Waals surface area (Å²) >= 11 is 0. The number of halogens is 3. The quantitative estimate of drug-likeness (QED) is 0.686. The summed E-state index contributed by atoms with van der Waals surface area (Å²) in [5.74, 6) is -2.05. The van der Waals surface area contributed by atoms with Gasteiger partial charge in [0.25, 0.3) is 5.91 Å². The van der Waals surface area contributed by atoms with Crippen LogP contribution in [0.3, 0.4) is 0 Å². The van der Waals surface area contributed by atoms with Crippen molar-refractivity contribution in [3.8, 4) is 0 Å². The van der Waals surface area contributed by atoms with E-state index in [2.05, 4.69) is 0 Å². The number of amides is 1. The standard InChI is InChI=1S/C19H18F3NO4/c20-19(21,22)18(27-12-13-6-2-1-3-7-13)23-17(26)15-9-5-4-8-14(15)10-11-16(24)25/h1-9,18H,10-12H2,(H,23,26)(H,24,25). The zero-order chi connectivity index (χ0) is 19.9. The van der Waals surface area contributed by atoms with Crippen LogP contribution in [0.2, 0.25) is 0 Å². The summed E-state index contributed by atoms with van der Waals surface area (Å²) in [5, 5.41) is 10.6. The molecule has 0 saturated carbocycles. The van der Waals surface area contributed by atoms with Crippen LogP contribution in [0, 0.1) is 0 Å². The highest BCUT2D eigenvalue weighted by atomic mass is 19.4.